The number of hydrogen-bond acceptors (Lipinski definition) is 6. The van der Waals surface area contributed by atoms with Crippen molar-refractivity contribution in [2.24, 2.45) is 0 Å². The van der Waals surface area contributed by atoms with Gasteiger partial charge in [-0.05, 0) is 6.54 Å². The van der Waals surface area contributed by atoms with Crippen molar-refractivity contribution >= 4 is 6.01 Å². The van der Waals surface area contributed by atoms with Gasteiger partial charge in [0.25, 0.3) is 6.01 Å². The van der Waals surface area contributed by atoms with Gasteiger partial charge in [-0.1, -0.05) is 6.92 Å². The average Bonchev–Trinajstić information content (AvgIpc) is 3.01. The van der Waals surface area contributed by atoms with E-state index in [-0.39, 0.29) is 12.2 Å². The van der Waals surface area contributed by atoms with Crippen LogP contribution in [0.3, 0.4) is 0 Å². The molecule has 2 atom stereocenters. The van der Waals surface area contributed by atoms with Gasteiger partial charge >= 0.3 is 0 Å². The summed E-state index contributed by atoms with van der Waals surface area (Å²) in [5.41, 5.74) is 0.918. The SMILES string of the molecule is CCNCc1coc(N2CC(OC)C(OC)C2)n1. The summed E-state index contributed by atoms with van der Waals surface area (Å²) in [6.07, 6.45) is 1.83. The molecule has 0 spiro atoms. The first kappa shape index (κ1) is 13.3. The minimum Gasteiger partial charge on any atom is -0.432 e. The number of ether oxygens (including phenoxy) is 2. The summed E-state index contributed by atoms with van der Waals surface area (Å²) in [5, 5.41) is 3.22. The lowest BCUT2D eigenvalue weighted by atomic mass is 10.3. The van der Waals surface area contributed by atoms with E-state index < -0.39 is 0 Å². The maximum atomic E-state index is 5.49. The van der Waals surface area contributed by atoms with Crippen molar-refractivity contribution in [2.75, 3.05) is 38.8 Å². The molecule has 0 bridgehead atoms. The van der Waals surface area contributed by atoms with Crippen molar-refractivity contribution < 1.29 is 13.9 Å². The number of hydrogen-bond donors (Lipinski definition) is 1. The molecular formula is C12H21N3O3. The van der Waals surface area contributed by atoms with Gasteiger partial charge in [-0.15, -0.1) is 0 Å². The average molecular weight is 255 g/mol. The largest absolute Gasteiger partial charge is 0.432 e. The van der Waals surface area contributed by atoms with Gasteiger partial charge in [0.15, 0.2) is 0 Å². The fraction of sp³-hybridized carbons (Fsp3) is 0.750. The van der Waals surface area contributed by atoms with Crippen LogP contribution in [0.25, 0.3) is 0 Å². The lowest BCUT2D eigenvalue weighted by Crippen LogP contribution is -2.27. The molecule has 2 rings (SSSR count). The van der Waals surface area contributed by atoms with E-state index in [9.17, 15) is 0 Å². The Bertz CT molecular complexity index is 357. The molecule has 6 nitrogen and oxygen atoms in total. The highest BCUT2D eigenvalue weighted by Crippen LogP contribution is 2.22. The highest BCUT2D eigenvalue weighted by atomic mass is 16.5. The Kier molecular flexibility index (Phi) is 4.57. The van der Waals surface area contributed by atoms with Crippen LogP contribution in [0.15, 0.2) is 10.7 Å². The normalized spacial score (nSPS) is 23.8. The summed E-state index contributed by atoms with van der Waals surface area (Å²) < 4.78 is 16.3. The molecule has 2 unspecified atom stereocenters. The highest BCUT2D eigenvalue weighted by molar-refractivity contribution is 5.30. The maximum Gasteiger partial charge on any atom is 0.297 e. The van der Waals surface area contributed by atoms with E-state index in [1.165, 1.54) is 0 Å². The van der Waals surface area contributed by atoms with Crippen LogP contribution in [-0.2, 0) is 16.0 Å². The Morgan fingerprint density at radius 1 is 1.39 bits per heavy atom. The summed E-state index contributed by atoms with van der Waals surface area (Å²) in [7, 11) is 3.40. The molecule has 1 N–H and O–H groups in total. The molecule has 1 aromatic rings. The lowest BCUT2D eigenvalue weighted by molar-refractivity contribution is -0.00461. The Morgan fingerprint density at radius 3 is 2.61 bits per heavy atom. The first-order valence-electron chi connectivity index (χ1n) is 6.24. The quantitative estimate of drug-likeness (QED) is 0.804. The number of oxazole rings is 1. The zero-order valence-corrected chi connectivity index (χ0v) is 11.2. The number of aromatic nitrogens is 1. The molecule has 1 fully saturated rings. The fourth-order valence-electron chi connectivity index (χ4n) is 2.13. The minimum absolute atomic E-state index is 0.0686. The number of nitrogens with one attached hydrogen (secondary N) is 1. The van der Waals surface area contributed by atoms with Gasteiger partial charge in [-0.2, -0.15) is 4.98 Å². The molecule has 0 aliphatic carbocycles. The van der Waals surface area contributed by atoms with E-state index in [4.69, 9.17) is 13.9 Å². The summed E-state index contributed by atoms with van der Waals surface area (Å²) in [6.45, 7) is 5.21. The number of nitrogens with zero attached hydrogens (tertiary/aromatic N) is 2. The van der Waals surface area contributed by atoms with Crippen molar-refractivity contribution in [3.8, 4) is 0 Å². The fourth-order valence-corrected chi connectivity index (χ4v) is 2.13. The van der Waals surface area contributed by atoms with Crippen molar-refractivity contribution in [3.63, 3.8) is 0 Å². The molecule has 18 heavy (non-hydrogen) atoms. The van der Waals surface area contributed by atoms with Gasteiger partial charge in [0, 0.05) is 20.8 Å². The molecule has 1 aliphatic heterocycles. The second-order valence-electron chi connectivity index (χ2n) is 4.36. The molecule has 0 saturated carbocycles. The molecule has 0 radical (unpaired) electrons. The van der Waals surface area contributed by atoms with Crippen LogP contribution < -0.4 is 10.2 Å². The number of anilines is 1. The second kappa shape index (κ2) is 6.17. The second-order valence-corrected chi connectivity index (χ2v) is 4.36. The molecule has 102 valence electrons. The summed E-state index contributed by atoms with van der Waals surface area (Å²) in [5.74, 6) is 0. The Balaban J connectivity index is 1.97. The van der Waals surface area contributed by atoms with Crippen molar-refractivity contribution in [1.82, 2.24) is 10.3 Å². The number of methoxy groups -OCH3 is 2. The van der Waals surface area contributed by atoms with Crippen LogP contribution in [-0.4, -0.2) is 51.0 Å². The summed E-state index contributed by atoms with van der Waals surface area (Å²) in [4.78, 5) is 6.51. The van der Waals surface area contributed by atoms with Crippen LogP contribution in [0.2, 0.25) is 0 Å². The Morgan fingerprint density at radius 2 is 2.06 bits per heavy atom. The maximum absolute atomic E-state index is 5.49. The first-order valence-corrected chi connectivity index (χ1v) is 6.24. The zero-order chi connectivity index (χ0) is 13.0. The third-order valence-corrected chi connectivity index (χ3v) is 3.19. The third-order valence-electron chi connectivity index (χ3n) is 3.19. The predicted molar refractivity (Wildman–Crippen MR) is 67.7 cm³/mol. The molecule has 1 aliphatic rings. The van der Waals surface area contributed by atoms with Gasteiger partial charge in [-0.25, -0.2) is 0 Å². The van der Waals surface area contributed by atoms with Crippen LogP contribution >= 0.6 is 0 Å². The van der Waals surface area contributed by atoms with Gasteiger partial charge in [0.05, 0.1) is 18.8 Å². The van der Waals surface area contributed by atoms with Gasteiger partial charge in [-0.3, -0.25) is 0 Å². The van der Waals surface area contributed by atoms with Crippen LogP contribution in [0.5, 0.6) is 0 Å². The van der Waals surface area contributed by atoms with Crippen LogP contribution in [0.4, 0.5) is 6.01 Å². The summed E-state index contributed by atoms with van der Waals surface area (Å²) >= 11 is 0. The van der Waals surface area contributed by atoms with E-state index in [1.807, 2.05) is 0 Å². The van der Waals surface area contributed by atoms with Gasteiger partial charge in [0.1, 0.15) is 18.5 Å². The molecule has 6 heteroatoms. The van der Waals surface area contributed by atoms with Gasteiger partial charge < -0.3 is 24.1 Å². The van der Waals surface area contributed by atoms with E-state index in [0.717, 1.165) is 31.9 Å². The van der Waals surface area contributed by atoms with E-state index in [1.54, 1.807) is 20.5 Å². The van der Waals surface area contributed by atoms with Crippen molar-refractivity contribution in [1.29, 1.82) is 0 Å². The zero-order valence-electron chi connectivity index (χ0n) is 11.2. The predicted octanol–water partition coefficient (Wildman–Crippen LogP) is 0.634. The topological polar surface area (TPSA) is 59.8 Å². The minimum atomic E-state index is 0.0686. The monoisotopic (exact) mass is 255 g/mol. The smallest absolute Gasteiger partial charge is 0.297 e. The molecule has 1 aromatic heterocycles. The molecule has 1 saturated heterocycles. The third kappa shape index (κ3) is 2.82. The number of rotatable bonds is 6. The highest BCUT2D eigenvalue weighted by Gasteiger charge is 2.35. The first-order chi connectivity index (χ1) is 8.78. The van der Waals surface area contributed by atoms with E-state index in [2.05, 4.69) is 22.1 Å². The molecular weight excluding hydrogens is 234 g/mol. The Hall–Kier alpha value is -1.11. The Labute approximate surface area is 107 Å². The van der Waals surface area contributed by atoms with Crippen molar-refractivity contribution in [2.45, 2.75) is 25.7 Å². The molecule has 0 aromatic carbocycles. The van der Waals surface area contributed by atoms with E-state index in [0.29, 0.717) is 6.01 Å². The van der Waals surface area contributed by atoms with E-state index >= 15 is 0 Å². The standard InChI is InChI=1S/C12H21N3O3/c1-4-13-5-9-8-18-12(14-9)15-6-10(16-2)11(7-15)17-3/h8,10-11,13H,4-7H2,1-3H3. The molecule has 0 amide bonds. The van der Waals surface area contributed by atoms with Crippen LogP contribution in [0, 0.1) is 0 Å². The van der Waals surface area contributed by atoms with Gasteiger partial charge in [0.2, 0.25) is 0 Å². The van der Waals surface area contributed by atoms with Crippen LogP contribution in [0.1, 0.15) is 12.6 Å². The van der Waals surface area contributed by atoms with Crippen molar-refractivity contribution in [3.05, 3.63) is 12.0 Å². The molecule has 2 heterocycles. The lowest BCUT2D eigenvalue weighted by Gasteiger charge is -2.13. The summed E-state index contributed by atoms with van der Waals surface area (Å²) in [6, 6.07) is 0.643.